The molecule has 1 unspecified atom stereocenters. The van der Waals surface area contributed by atoms with Crippen molar-refractivity contribution in [2.75, 3.05) is 6.54 Å². The molecule has 2 amide bonds. The highest BCUT2D eigenvalue weighted by Gasteiger charge is 2.52. The van der Waals surface area contributed by atoms with Crippen molar-refractivity contribution in [2.24, 2.45) is 0 Å². The average Bonchev–Trinajstić information content (AvgIpc) is 2.21. The lowest BCUT2D eigenvalue weighted by Crippen LogP contribution is -2.73. The van der Waals surface area contributed by atoms with Crippen molar-refractivity contribution in [3.63, 3.8) is 0 Å². The monoisotopic (exact) mass is 248 g/mol. The van der Waals surface area contributed by atoms with E-state index in [0.29, 0.717) is 6.42 Å². The Bertz CT molecular complexity index is 344. The van der Waals surface area contributed by atoms with Gasteiger partial charge < -0.3 is 10.2 Å². The summed E-state index contributed by atoms with van der Waals surface area (Å²) in [4.78, 5) is 25.0. The molecule has 6 heteroatoms. The molecule has 17 heavy (non-hydrogen) atoms. The van der Waals surface area contributed by atoms with Crippen molar-refractivity contribution < 1.29 is 18.4 Å². The van der Waals surface area contributed by atoms with E-state index in [1.54, 1.807) is 6.92 Å². The van der Waals surface area contributed by atoms with E-state index in [1.807, 2.05) is 0 Å². The number of hydrogen-bond acceptors (Lipinski definition) is 2. The summed E-state index contributed by atoms with van der Waals surface area (Å²) in [6.45, 7) is 5.53. The molecule has 0 aliphatic carbocycles. The number of halogens is 2. The van der Waals surface area contributed by atoms with Gasteiger partial charge in [-0.1, -0.05) is 6.92 Å². The molecular weight excluding hydrogens is 230 g/mol. The lowest BCUT2D eigenvalue weighted by Gasteiger charge is -2.48. The summed E-state index contributed by atoms with van der Waals surface area (Å²) in [5.74, 6) is -0.855. The number of amides is 2. The summed E-state index contributed by atoms with van der Waals surface area (Å²) in [6.07, 6.45) is -2.35. The van der Waals surface area contributed by atoms with Crippen molar-refractivity contribution in [1.29, 1.82) is 0 Å². The number of hydrogen-bond donors (Lipinski definition) is 1. The highest BCUT2D eigenvalue weighted by Crippen LogP contribution is 2.29. The smallest absolute Gasteiger partial charge is 0.255 e. The van der Waals surface area contributed by atoms with Gasteiger partial charge in [-0.05, 0) is 27.2 Å². The van der Waals surface area contributed by atoms with Crippen LogP contribution in [0.2, 0.25) is 0 Å². The molecular formula is C11H18F2N2O2. The minimum absolute atomic E-state index is 0.299. The summed E-state index contributed by atoms with van der Waals surface area (Å²) < 4.78 is 25.1. The van der Waals surface area contributed by atoms with Crippen LogP contribution in [0.15, 0.2) is 0 Å². The Morgan fingerprint density at radius 1 is 1.29 bits per heavy atom. The Balaban J connectivity index is 3.14. The molecule has 98 valence electrons. The Morgan fingerprint density at radius 2 is 1.82 bits per heavy atom. The summed E-state index contributed by atoms with van der Waals surface area (Å²) in [6, 6.07) is 0. The minimum Gasteiger partial charge on any atom is -0.340 e. The first kappa shape index (κ1) is 13.9. The van der Waals surface area contributed by atoms with E-state index in [9.17, 15) is 18.4 Å². The topological polar surface area (TPSA) is 49.4 Å². The molecule has 0 aromatic heterocycles. The van der Waals surface area contributed by atoms with Crippen molar-refractivity contribution in [2.45, 2.75) is 51.6 Å². The first-order valence-corrected chi connectivity index (χ1v) is 5.58. The molecule has 1 rings (SSSR count). The van der Waals surface area contributed by atoms with Gasteiger partial charge in [0.15, 0.2) is 0 Å². The molecule has 0 spiro atoms. The number of carbonyl (C=O) groups is 2. The van der Waals surface area contributed by atoms with Gasteiger partial charge in [-0.25, -0.2) is 8.78 Å². The Labute approximate surface area is 99.3 Å². The fourth-order valence-electron chi connectivity index (χ4n) is 1.93. The van der Waals surface area contributed by atoms with Gasteiger partial charge in [0.1, 0.15) is 11.1 Å². The molecule has 1 aliphatic rings. The first-order valence-electron chi connectivity index (χ1n) is 5.58. The van der Waals surface area contributed by atoms with Crippen LogP contribution in [0.1, 0.15) is 34.1 Å². The molecule has 1 aliphatic heterocycles. The molecule has 0 bridgehead atoms. The van der Waals surface area contributed by atoms with E-state index in [4.69, 9.17) is 0 Å². The molecule has 4 nitrogen and oxygen atoms in total. The molecule has 1 heterocycles. The van der Waals surface area contributed by atoms with Crippen molar-refractivity contribution >= 4 is 11.8 Å². The van der Waals surface area contributed by atoms with Gasteiger partial charge >= 0.3 is 0 Å². The van der Waals surface area contributed by atoms with E-state index in [-0.39, 0.29) is 5.91 Å². The van der Waals surface area contributed by atoms with E-state index in [2.05, 4.69) is 5.32 Å². The second-order valence-corrected chi connectivity index (χ2v) is 5.01. The van der Waals surface area contributed by atoms with Crippen LogP contribution in [0.5, 0.6) is 0 Å². The number of carbonyl (C=O) groups excluding carboxylic acids is 2. The highest BCUT2D eigenvalue weighted by molar-refractivity contribution is 6.01. The third kappa shape index (κ3) is 2.25. The number of rotatable bonds is 3. The zero-order valence-corrected chi connectivity index (χ0v) is 10.5. The predicted molar refractivity (Wildman–Crippen MR) is 58.6 cm³/mol. The number of nitrogens with one attached hydrogen (secondary N) is 1. The van der Waals surface area contributed by atoms with Crippen LogP contribution < -0.4 is 5.32 Å². The van der Waals surface area contributed by atoms with Gasteiger partial charge in [0.2, 0.25) is 11.8 Å². The van der Waals surface area contributed by atoms with Gasteiger partial charge in [0.25, 0.3) is 6.43 Å². The molecule has 1 fully saturated rings. The Morgan fingerprint density at radius 3 is 2.24 bits per heavy atom. The number of piperazine rings is 1. The Hall–Kier alpha value is -1.20. The zero-order valence-electron chi connectivity index (χ0n) is 10.5. The van der Waals surface area contributed by atoms with Gasteiger partial charge in [-0.3, -0.25) is 9.59 Å². The van der Waals surface area contributed by atoms with Crippen LogP contribution in [-0.2, 0) is 9.59 Å². The molecule has 1 saturated heterocycles. The summed E-state index contributed by atoms with van der Waals surface area (Å²) in [5, 5.41) is 2.58. The maximum Gasteiger partial charge on any atom is 0.255 e. The lowest BCUT2D eigenvalue weighted by molar-refractivity contribution is -0.163. The maximum absolute atomic E-state index is 12.5. The quantitative estimate of drug-likeness (QED) is 0.814. The third-order valence-corrected chi connectivity index (χ3v) is 3.30. The van der Waals surface area contributed by atoms with Gasteiger partial charge in [0, 0.05) is 0 Å². The largest absolute Gasteiger partial charge is 0.340 e. The lowest BCUT2D eigenvalue weighted by atomic mass is 9.86. The summed E-state index contributed by atoms with van der Waals surface area (Å²) in [7, 11) is 0. The summed E-state index contributed by atoms with van der Waals surface area (Å²) >= 11 is 0. The van der Waals surface area contributed by atoms with Crippen LogP contribution in [0, 0.1) is 0 Å². The molecule has 1 N–H and O–H groups in total. The molecule has 0 aromatic carbocycles. The maximum atomic E-state index is 12.5. The standard InChI is InChI=1S/C11H18F2N2O2/c1-5-11(4)8(16)14-10(2,3)9(17)15(11)6-7(12)13/h7H,5-6H2,1-4H3,(H,14,16). The SMILES string of the molecule is CCC1(C)C(=O)NC(C)(C)C(=O)N1CC(F)F. The second-order valence-electron chi connectivity index (χ2n) is 5.01. The number of alkyl halides is 2. The average molecular weight is 248 g/mol. The third-order valence-electron chi connectivity index (χ3n) is 3.30. The molecule has 1 atom stereocenters. The van der Waals surface area contributed by atoms with Crippen LogP contribution in [0.3, 0.4) is 0 Å². The van der Waals surface area contributed by atoms with E-state index in [0.717, 1.165) is 4.90 Å². The number of nitrogens with zero attached hydrogens (tertiary/aromatic N) is 1. The van der Waals surface area contributed by atoms with E-state index >= 15 is 0 Å². The minimum atomic E-state index is -2.65. The van der Waals surface area contributed by atoms with Crippen molar-refractivity contribution in [3.05, 3.63) is 0 Å². The normalized spacial score (nSPS) is 28.5. The Kier molecular flexibility index (Phi) is 3.45. The van der Waals surface area contributed by atoms with Crippen LogP contribution in [0.4, 0.5) is 8.78 Å². The van der Waals surface area contributed by atoms with Crippen LogP contribution in [0.25, 0.3) is 0 Å². The predicted octanol–water partition coefficient (Wildman–Crippen LogP) is 1.16. The van der Waals surface area contributed by atoms with E-state index < -0.39 is 30.0 Å². The molecule has 0 aromatic rings. The van der Waals surface area contributed by atoms with Gasteiger partial charge in [-0.15, -0.1) is 0 Å². The van der Waals surface area contributed by atoms with Crippen molar-refractivity contribution in [1.82, 2.24) is 10.2 Å². The van der Waals surface area contributed by atoms with Gasteiger partial charge in [0.05, 0.1) is 6.54 Å². The fraction of sp³-hybridized carbons (Fsp3) is 0.818. The molecule has 0 radical (unpaired) electrons. The zero-order chi connectivity index (χ0) is 13.4. The van der Waals surface area contributed by atoms with Gasteiger partial charge in [-0.2, -0.15) is 0 Å². The fourth-order valence-corrected chi connectivity index (χ4v) is 1.93. The van der Waals surface area contributed by atoms with E-state index in [1.165, 1.54) is 20.8 Å². The first-order chi connectivity index (χ1) is 7.65. The van der Waals surface area contributed by atoms with Crippen LogP contribution >= 0.6 is 0 Å². The van der Waals surface area contributed by atoms with Crippen LogP contribution in [-0.4, -0.2) is 40.8 Å². The highest BCUT2D eigenvalue weighted by atomic mass is 19.3. The summed E-state index contributed by atoms with van der Waals surface area (Å²) in [5.41, 5.74) is -2.32. The molecule has 0 saturated carbocycles. The van der Waals surface area contributed by atoms with Crippen molar-refractivity contribution in [3.8, 4) is 0 Å². The second kappa shape index (κ2) is 4.23.